The van der Waals surface area contributed by atoms with Crippen LogP contribution in [0.5, 0.6) is 0 Å². The summed E-state index contributed by atoms with van der Waals surface area (Å²) in [5, 5.41) is 0. The lowest BCUT2D eigenvalue weighted by molar-refractivity contribution is 0.0868. The summed E-state index contributed by atoms with van der Waals surface area (Å²) < 4.78 is 5.25. The van der Waals surface area contributed by atoms with Crippen molar-refractivity contribution in [3.63, 3.8) is 0 Å². The second-order valence-corrected chi connectivity index (χ2v) is 5.06. The summed E-state index contributed by atoms with van der Waals surface area (Å²) in [5.41, 5.74) is 7.79. The van der Waals surface area contributed by atoms with Crippen molar-refractivity contribution in [2.45, 2.75) is 25.9 Å². The van der Waals surface area contributed by atoms with E-state index in [0.29, 0.717) is 12.5 Å². The van der Waals surface area contributed by atoms with E-state index in [4.69, 9.17) is 10.5 Å². The Balaban J connectivity index is 1.87. The zero-order valence-corrected chi connectivity index (χ0v) is 11.1. The number of likely N-dealkylation sites (tertiary alicyclic amines) is 1. The second-order valence-electron chi connectivity index (χ2n) is 5.06. The Labute approximate surface area is 109 Å². The molecule has 0 saturated carbocycles. The van der Waals surface area contributed by atoms with Crippen LogP contribution in [0.3, 0.4) is 0 Å². The first-order chi connectivity index (χ1) is 8.81. The average Bonchev–Trinajstić information content (AvgIpc) is 2.40. The number of nitrogens with zero attached hydrogens (tertiary/aromatic N) is 2. The molecule has 0 spiro atoms. The highest BCUT2D eigenvalue weighted by atomic mass is 16.5. The van der Waals surface area contributed by atoms with Crippen molar-refractivity contribution in [2.24, 2.45) is 11.7 Å². The molecule has 2 N–H and O–H groups in total. The molecule has 1 aliphatic heterocycles. The van der Waals surface area contributed by atoms with E-state index in [1.807, 2.05) is 6.20 Å². The van der Waals surface area contributed by atoms with Crippen LogP contribution in [-0.2, 0) is 17.8 Å². The number of ether oxygens (including phenoxy) is 1. The molecule has 1 aromatic heterocycles. The first kappa shape index (κ1) is 13.5. The van der Waals surface area contributed by atoms with Gasteiger partial charge >= 0.3 is 0 Å². The molecule has 4 heteroatoms. The Kier molecular flexibility index (Phi) is 5.11. The van der Waals surface area contributed by atoms with Crippen LogP contribution in [0.4, 0.5) is 0 Å². The Hall–Kier alpha value is -0.970. The molecule has 4 nitrogen and oxygen atoms in total. The van der Waals surface area contributed by atoms with Gasteiger partial charge in [-0.3, -0.25) is 9.88 Å². The predicted octanol–water partition coefficient (Wildman–Crippen LogP) is 1.40. The number of methoxy groups -OCH3 is 1. The van der Waals surface area contributed by atoms with Gasteiger partial charge in [0.15, 0.2) is 0 Å². The number of piperidine rings is 1. The van der Waals surface area contributed by atoms with E-state index in [1.54, 1.807) is 7.11 Å². The Morgan fingerprint density at radius 2 is 2.39 bits per heavy atom. The summed E-state index contributed by atoms with van der Waals surface area (Å²) in [6.45, 7) is 4.66. The highest BCUT2D eigenvalue weighted by Crippen LogP contribution is 2.18. The van der Waals surface area contributed by atoms with Gasteiger partial charge in [-0.05, 0) is 36.9 Å². The van der Waals surface area contributed by atoms with Gasteiger partial charge in [-0.25, -0.2) is 0 Å². The van der Waals surface area contributed by atoms with Crippen molar-refractivity contribution in [1.82, 2.24) is 9.88 Å². The van der Waals surface area contributed by atoms with E-state index in [2.05, 4.69) is 22.0 Å². The topological polar surface area (TPSA) is 51.4 Å². The molecule has 2 rings (SSSR count). The fraction of sp³-hybridized carbons (Fsp3) is 0.643. The lowest BCUT2D eigenvalue weighted by atomic mass is 9.99. The van der Waals surface area contributed by atoms with Gasteiger partial charge in [0.2, 0.25) is 0 Å². The summed E-state index contributed by atoms with van der Waals surface area (Å²) in [7, 11) is 1.78. The highest BCUT2D eigenvalue weighted by Gasteiger charge is 2.19. The summed E-state index contributed by atoms with van der Waals surface area (Å²) in [6, 6.07) is 4.15. The summed E-state index contributed by atoms with van der Waals surface area (Å²) in [4.78, 5) is 6.93. The van der Waals surface area contributed by atoms with Gasteiger partial charge in [0.05, 0.1) is 12.3 Å². The maximum atomic E-state index is 5.57. The van der Waals surface area contributed by atoms with E-state index in [-0.39, 0.29) is 0 Å². The lowest BCUT2D eigenvalue weighted by Crippen LogP contribution is -2.36. The van der Waals surface area contributed by atoms with Gasteiger partial charge in [0.25, 0.3) is 0 Å². The standard InChI is InChI=1S/C14H23N3O/c1-18-11-13-3-2-6-17(9-13)10-14-5-4-12(7-15)8-16-14/h4-5,8,13H,2-3,6-7,9-11,15H2,1H3. The van der Waals surface area contributed by atoms with Crippen LogP contribution in [0.2, 0.25) is 0 Å². The number of aromatic nitrogens is 1. The van der Waals surface area contributed by atoms with E-state index in [1.165, 1.54) is 19.4 Å². The van der Waals surface area contributed by atoms with Crippen molar-refractivity contribution in [1.29, 1.82) is 0 Å². The average molecular weight is 249 g/mol. The van der Waals surface area contributed by atoms with Crippen LogP contribution in [0.25, 0.3) is 0 Å². The third-order valence-electron chi connectivity index (χ3n) is 3.51. The quantitative estimate of drug-likeness (QED) is 0.857. The number of nitrogens with two attached hydrogens (primary N) is 1. The molecule has 1 saturated heterocycles. The maximum Gasteiger partial charge on any atom is 0.0544 e. The second kappa shape index (κ2) is 6.83. The number of rotatable bonds is 5. The van der Waals surface area contributed by atoms with Gasteiger partial charge in [-0.1, -0.05) is 6.07 Å². The van der Waals surface area contributed by atoms with E-state index < -0.39 is 0 Å². The molecule has 1 aromatic rings. The first-order valence-corrected chi connectivity index (χ1v) is 6.67. The van der Waals surface area contributed by atoms with Crippen LogP contribution in [0.15, 0.2) is 18.3 Å². The van der Waals surface area contributed by atoms with E-state index in [0.717, 1.165) is 31.0 Å². The third kappa shape index (κ3) is 3.77. The van der Waals surface area contributed by atoms with Gasteiger partial charge < -0.3 is 10.5 Å². The van der Waals surface area contributed by atoms with E-state index in [9.17, 15) is 0 Å². The Bertz CT molecular complexity index is 351. The van der Waals surface area contributed by atoms with Crippen LogP contribution in [0.1, 0.15) is 24.1 Å². The SMILES string of the molecule is COCC1CCCN(Cc2ccc(CN)cn2)C1. The monoisotopic (exact) mass is 249 g/mol. The summed E-state index contributed by atoms with van der Waals surface area (Å²) >= 11 is 0. The Morgan fingerprint density at radius 3 is 3.06 bits per heavy atom. The molecular weight excluding hydrogens is 226 g/mol. The molecule has 0 aromatic carbocycles. The third-order valence-corrected chi connectivity index (χ3v) is 3.51. The number of hydrogen-bond donors (Lipinski definition) is 1. The van der Waals surface area contributed by atoms with Crippen LogP contribution >= 0.6 is 0 Å². The van der Waals surface area contributed by atoms with Crippen molar-refractivity contribution < 1.29 is 4.74 Å². The highest BCUT2D eigenvalue weighted by molar-refractivity contribution is 5.13. The van der Waals surface area contributed by atoms with Crippen molar-refractivity contribution in [3.05, 3.63) is 29.6 Å². The van der Waals surface area contributed by atoms with Crippen LogP contribution in [0, 0.1) is 5.92 Å². The lowest BCUT2D eigenvalue weighted by Gasteiger charge is -2.32. The summed E-state index contributed by atoms with van der Waals surface area (Å²) in [5.74, 6) is 0.673. The van der Waals surface area contributed by atoms with Gasteiger partial charge in [0.1, 0.15) is 0 Å². The zero-order chi connectivity index (χ0) is 12.8. The van der Waals surface area contributed by atoms with Crippen molar-refractivity contribution in [2.75, 3.05) is 26.8 Å². The molecule has 1 unspecified atom stereocenters. The molecule has 18 heavy (non-hydrogen) atoms. The number of hydrogen-bond acceptors (Lipinski definition) is 4. The van der Waals surface area contributed by atoms with Gasteiger partial charge in [0, 0.05) is 32.9 Å². The molecular formula is C14H23N3O. The minimum atomic E-state index is 0.562. The van der Waals surface area contributed by atoms with Crippen molar-refractivity contribution >= 4 is 0 Å². The summed E-state index contributed by atoms with van der Waals surface area (Å²) in [6.07, 6.45) is 4.42. The molecule has 100 valence electrons. The van der Waals surface area contributed by atoms with Crippen LogP contribution in [-0.4, -0.2) is 36.7 Å². The first-order valence-electron chi connectivity index (χ1n) is 6.67. The van der Waals surface area contributed by atoms with Gasteiger partial charge in [-0.2, -0.15) is 0 Å². The molecule has 1 atom stereocenters. The molecule has 2 heterocycles. The largest absolute Gasteiger partial charge is 0.384 e. The zero-order valence-electron chi connectivity index (χ0n) is 11.1. The number of pyridine rings is 1. The minimum absolute atomic E-state index is 0.562. The van der Waals surface area contributed by atoms with Crippen LogP contribution < -0.4 is 5.73 Å². The van der Waals surface area contributed by atoms with E-state index >= 15 is 0 Å². The van der Waals surface area contributed by atoms with Crippen molar-refractivity contribution in [3.8, 4) is 0 Å². The predicted molar refractivity (Wildman–Crippen MR) is 72.0 cm³/mol. The fourth-order valence-corrected chi connectivity index (χ4v) is 2.57. The smallest absolute Gasteiger partial charge is 0.0544 e. The molecule has 0 aliphatic carbocycles. The maximum absolute atomic E-state index is 5.57. The molecule has 1 fully saturated rings. The molecule has 0 amide bonds. The normalized spacial score (nSPS) is 21.1. The fourth-order valence-electron chi connectivity index (χ4n) is 2.57. The molecule has 0 radical (unpaired) electrons. The molecule has 1 aliphatic rings. The Morgan fingerprint density at radius 1 is 1.50 bits per heavy atom. The minimum Gasteiger partial charge on any atom is -0.384 e. The van der Waals surface area contributed by atoms with Gasteiger partial charge in [-0.15, -0.1) is 0 Å². The molecule has 0 bridgehead atoms.